The van der Waals surface area contributed by atoms with Gasteiger partial charge in [0.1, 0.15) is 12.0 Å². The molecule has 0 radical (unpaired) electrons. The predicted octanol–water partition coefficient (Wildman–Crippen LogP) is 2.71. The van der Waals surface area contributed by atoms with Crippen molar-refractivity contribution in [3.05, 3.63) is 26.9 Å². The second kappa shape index (κ2) is 4.81. The summed E-state index contributed by atoms with van der Waals surface area (Å²) in [7, 11) is 0. The average molecular weight is 318 g/mol. The Morgan fingerprint density at radius 1 is 1.44 bits per heavy atom. The fourth-order valence-corrected chi connectivity index (χ4v) is 1.50. The van der Waals surface area contributed by atoms with Crippen molar-refractivity contribution < 1.29 is 10.0 Å². The lowest BCUT2D eigenvalue weighted by Crippen LogP contribution is -2.51. The highest BCUT2D eigenvalue weighted by Gasteiger charge is 2.35. The maximum Gasteiger partial charge on any atom is 0.288 e. The molecule has 0 amide bonds. The zero-order chi connectivity index (χ0) is 14.1. The molecule has 0 atom stereocenters. The van der Waals surface area contributed by atoms with Gasteiger partial charge in [-0.1, -0.05) is 0 Å². The van der Waals surface area contributed by atoms with Gasteiger partial charge in [0, 0.05) is 6.07 Å². The molecule has 0 saturated heterocycles. The van der Waals surface area contributed by atoms with Crippen LogP contribution < -0.4 is 5.32 Å². The third kappa shape index (κ3) is 3.17. The van der Waals surface area contributed by atoms with Crippen LogP contribution in [0.3, 0.4) is 0 Å². The Morgan fingerprint density at radius 2 is 2.00 bits per heavy atom. The second-order valence-corrected chi connectivity index (χ2v) is 5.94. The molecule has 1 aromatic heterocycles. The molecule has 0 fully saturated rings. The van der Waals surface area contributed by atoms with E-state index >= 15 is 0 Å². The zero-order valence-corrected chi connectivity index (χ0v) is 12.3. The van der Waals surface area contributed by atoms with Gasteiger partial charge < -0.3 is 10.4 Å². The standard InChI is InChI=1S/C11H16BrN3O3/c1-10(2,11(3,4)16)14-9-8(12)5-7(6-13-9)15(17)18/h5-6,16H,1-4H3,(H,13,14). The van der Waals surface area contributed by atoms with Gasteiger partial charge in [0.2, 0.25) is 0 Å². The molecule has 0 aromatic carbocycles. The minimum atomic E-state index is -0.976. The molecule has 100 valence electrons. The van der Waals surface area contributed by atoms with Crippen molar-refractivity contribution in [1.82, 2.24) is 4.98 Å². The first-order valence-electron chi connectivity index (χ1n) is 5.35. The minimum absolute atomic E-state index is 0.0894. The van der Waals surface area contributed by atoms with Gasteiger partial charge in [-0.3, -0.25) is 10.1 Å². The lowest BCUT2D eigenvalue weighted by Gasteiger charge is -2.38. The lowest BCUT2D eigenvalue weighted by molar-refractivity contribution is -0.385. The van der Waals surface area contributed by atoms with Crippen LogP contribution in [0.25, 0.3) is 0 Å². The van der Waals surface area contributed by atoms with Gasteiger partial charge in [0.05, 0.1) is 20.5 Å². The Bertz CT molecular complexity index is 469. The highest BCUT2D eigenvalue weighted by molar-refractivity contribution is 9.10. The van der Waals surface area contributed by atoms with Crippen molar-refractivity contribution in [2.45, 2.75) is 38.8 Å². The molecule has 0 aliphatic heterocycles. The summed E-state index contributed by atoms with van der Waals surface area (Å²) in [5.74, 6) is 0.452. The first kappa shape index (κ1) is 14.8. The molecule has 1 rings (SSSR count). The first-order valence-corrected chi connectivity index (χ1v) is 6.14. The molecule has 6 nitrogen and oxygen atoms in total. The monoisotopic (exact) mass is 317 g/mol. The van der Waals surface area contributed by atoms with E-state index in [1.54, 1.807) is 13.8 Å². The van der Waals surface area contributed by atoms with Gasteiger partial charge in [-0.25, -0.2) is 4.98 Å². The fraction of sp³-hybridized carbons (Fsp3) is 0.545. The highest BCUT2D eigenvalue weighted by Crippen LogP contribution is 2.30. The summed E-state index contributed by atoms with van der Waals surface area (Å²) in [4.78, 5) is 14.1. The Labute approximate surface area is 114 Å². The van der Waals surface area contributed by atoms with Crippen molar-refractivity contribution in [3.63, 3.8) is 0 Å². The Kier molecular flexibility index (Phi) is 3.97. The van der Waals surface area contributed by atoms with Crippen molar-refractivity contribution in [2.75, 3.05) is 5.32 Å². The molecular formula is C11H16BrN3O3. The number of rotatable bonds is 4. The number of anilines is 1. The molecule has 0 bridgehead atoms. The van der Waals surface area contributed by atoms with Crippen LogP contribution in [0, 0.1) is 10.1 Å². The average Bonchev–Trinajstić information content (AvgIpc) is 2.18. The second-order valence-electron chi connectivity index (χ2n) is 5.09. The first-order chi connectivity index (χ1) is 8.04. The van der Waals surface area contributed by atoms with Crippen LogP contribution in [0.15, 0.2) is 16.7 Å². The van der Waals surface area contributed by atoms with Gasteiger partial charge in [-0.2, -0.15) is 0 Å². The third-order valence-electron chi connectivity index (χ3n) is 3.00. The van der Waals surface area contributed by atoms with Crippen molar-refractivity contribution in [2.24, 2.45) is 0 Å². The zero-order valence-electron chi connectivity index (χ0n) is 10.7. The number of aromatic nitrogens is 1. The van der Waals surface area contributed by atoms with E-state index in [2.05, 4.69) is 26.2 Å². The van der Waals surface area contributed by atoms with Crippen LogP contribution >= 0.6 is 15.9 Å². The van der Waals surface area contributed by atoms with Crippen molar-refractivity contribution in [3.8, 4) is 0 Å². The molecule has 0 saturated carbocycles. The van der Waals surface area contributed by atoms with Crippen LogP contribution in [0.4, 0.5) is 11.5 Å². The molecular weight excluding hydrogens is 302 g/mol. The number of aliphatic hydroxyl groups is 1. The molecule has 1 aromatic rings. The van der Waals surface area contributed by atoms with E-state index in [-0.39, 0.29) is 5.69 Å². The molecule has 7 heteroatoms. The number of pyridine rings is 1. The predicted molar refractivity (Wildman–Crippen MR) is 72.6 cm³/mol. The Hall–Kier alpha value is -1.21. The lowest BCUT2D eigenvalue weighted by atomic mass is 9.86. The van der Waals surface area contributed by atoms with Gasteiger partial charge in [-0.15, -0.1) is 0 Å². The molecule has 0 aliphatic carbocycles. The van der Waals surface area contributed by atoms with E-state index in [1.807, 2.05) is 13.8 Å². The molecule has 0 unspecified atom stereocenters. The van der Waals surface area contributed by atoms with E-state index < -0.39 is 16.1 Å². The summed E-state index contributed by atoms with van der Waals surface area (Å²) in [6, 6.07) is 1.37. The number of nitrogens with one attached hydrogen (secondary N) is 1. The van der Waals surface area contributed by atoms with Crippen LogP contribution in [0.2, 0.25) is 0 Å². The fourth-order valence-electron chi connectivity index (χ4n) is 1.07. The molecule has 18 heavy (non-hydrogen) atoms. The van der Waals surface area contributed by atoms with Crippen LogP contribution in [0.1, 0.15) is 27.7 Å². The number of nitrogens with zero attached hydrogens (tertiary/aromatic N) is 2. The molecule has 0 spiro atoms. The van der Waals surface area contributed by atoms with Gasteiger partial charge >= 0.3 is 0 Å². The summed E-state index contributed by atoms with van der Waals surface area (Å²) in [6.45, 7) is 7.00. The molecule has 1 heterocycles. The SMILES string of the molecule is CC(C)(O)C(C)(C)Nc1ncc([N+](=O)[O-])cc1Br. The molecule has 2 N–H and O–H groups in total. The summed E-state index contributed by atoms with van der Waals surface area (Å²) < 4.78 is 0.481. The van der Waals surface area contributed by atoms with Gasteiger partial charge in [0.25, 0.3) is 5.69 Å². The van der Waals surface area contributed by atoms with Crippen LogP contribution in [-0.4, -0.2) is 26.2 Å². The highest BCUT2D eigenvalue weighted by atomic mass is 79.9. The molecule has 0 aliphatic rings. The number of nitro groups is 1. The van der Waals surface area contributed by atoms with E-state index in [0.29, 0.717) is 10.3 Å². The summed E-state index contributed by atoms with van der Waals surface area (Å²) in [5.41, 5.74) is -1.71. The Morgan fingerprint density at radius 3 is 2.39 bits per heavy atom. The topological polar surface area (TPSA) is 88.3 Å². The minimum Gasteiger partial charge on any atom is -0.388 e. The summed E-state index contributed by atoms with van der Waals surface area (Å²) >= 11 is 3.22. The maximum absolute atomic E-state index is 10.6. The van der Waals surface area contributed by atoms with E-state index in [0.717, 1.165) is 0 Å². The van der Waals surface area contributed by atoms with Gasteiger partial charge in [0.15, 0.2) is 0 Å². The quantitative estimate of drug-likeness (QED) is 0.658. The smallest absolute Gasteiger partial charge is 0.288 e. The largest absolute Gasteiger partial charge is 0.388 e. The Balaban J connectivity index is 3.03. The summed E-state index contributed by atoms with van der Waals surface area (Å²) in [6.07, 6.45) is 1.17. The third-order valence-corrected chi connectivity index (χ3v) is 3.60. The van der Waals surface area contributed by atoms with Crippen LogP contribution in [-0.2, 0) is 0 Å². The van der Waals surface area contributed by atoms with Crippen molar-refractivity contribution >= 4 is 27.4 Å². The number of hydrogen-bond acceptors (Lipinski definition) is 5. The maximum atomic E-state index is 10.6. The van der Waals surface area contributed by atoms with E-state index in [9.17, 15) is 15.2 Å². The number of halogens is 1. The van der Waals surface area contributed by atoms with Crippen molar-refractivity contribution in [1.29, 1.82) is 0 Å². The van der Waals surface area contributed by atoms with E-state index in [4.69, 9.17) is 0 Å². The number of hydrogen-bond donors (Lipinski definition) is 2. The summed E-state index contributed by atoms with van der Waals surface area (Å²) in [5, 5.41) is 23.7. The van der Waals surface area contributed by atoms with Crippen LogP contribution in [0.5, 0.6) is 0 Å². The van der Waals surface area contributed by atoms with E-state index in [1.165, 1.54) is 12.3 Å². The van der Waals surface area contributed by atoms with Gasteiger partial charge in [-0.05, 0) is 43.6 Å². The normalized spacial score (nSPS) is 12.3.